The van der Waals surface area contributed by atoms with Crippen LogP contribution in [-0.4, -0.2) is 66.8 Å². The Labute approximate surface area is 186 Å². The second kappa shape index (κ2) is 10.4. The number of hydrogen-bond acceptors (Lipinski definition) is 6. The number of amides is 1. The number of hydrogen-bond donors (Lipinski definition) is 3. The third kappa shape index (κ3) is 5.37. The van der Waals surface area contributed by atoms with Gasteiger partial charge in [0.05, 0.1) is 0 Å². The lowest BCUT2D eigenvalue weighted by atomic mass is 10.0. The molecule has 7 heteroatoms. The van der Waals surface area contributed by atoms with Crippen molar-refractivity contribution in [2.24, 2.45) is 0 Å². The van der Waals surface area contributed by atoms with E-state index in [1.165, 1.54) is 51.4 Å². The zero-order valence-corrected chi connectivity index (χ0v) is 19.0. The van der Waals surface area contributed by atoms with Gasteiger partial charge in [-0.3, -0.25) is 10.2 Å². The van der Waals surface area contributed by atoms with Gasteiger partial charge in [-0.2, -0.15) is 0 Å². The van der Waals surface area contributed by atoms with Gasteiger partial charge < -0.3 is 20.4 Å². The summed E-state index contributed by atoms with van der Waals surface area (Å²) in [5, 5.41) is 14.7. The number of aromatic nitrogens is 1. The van der Waals surface area contributed by atoms with Crippen LogP contribution >= 0.6 is 0 Å². The average molecular weight is 427 g/mol. The van der Waals surface area contributed by atoms with E-state index in [1.807, 2.05) is 19.2 Å². The molecule has 0 aromatic carbocycles. The highest BCUT2D eigenvalue weighted by Gasteiger charge is 2.28. The molecule has 0 atom stereocenters. The molecule has 31 heavy (non-hydrogen) atoms. The number of anilines is 2. The molecule has 3 N–H and O–H groups in total. The minimum absolute atomic E-state index is 0.00233. The molecule has 0 unspecified atom stereocenters. The number of likely N-dealkylation sites (tertiary alicyclic amines) is 1. The van der Waals surface area contributed by atoms with Gasteiger partial charge in [0.1, 0.15) is 17.3 Å². The molecule has 1 aromatic heterocycles. The summed E-state index contributed by atoms with van der Waals surface area (Å²) in [5.74, 6) is 1.25. The summed E-state index contributed by atoms with van der Waals surface area (Å²) in [6.07, 6.45) is 12.3. The maximum absolute atomic E-state index is 12.8. The predicted octanol–water partition coefficient (Wildman–Crippen LogP) is 3.39. The van der Waals surface area contributed by atoms with Gasteiger partial charge in [-0.15, -0.1) is 0 Å². The van der Waals surface area contributed by atoms with Gasteiger partial charge in [0.2, 0.25) is 0 Å². The third-order valence-corrected chi connectivity index (χ3v) is 7.25. The van der Waals surface area contributed by atoms with Gasteiger partial charge in [-0.05, 0) is 50.7 Å². The number of rotatable bonds is 6. The molecule has 170 valence electrons. The van der Waals surface area contributed by atoms with Crippen molar-refractivity contribution in [2.75, 3.05) is 43.4 Å². The lowest BCUT2D eigenvalue weighted by Crippen LogP contribution is -2.48. The maximum atomic E-state index is 12.8. The Morgan fingerprint density at radius 2 is 1.65 bits per heavy atom. The first-order valence-electron chi connectivity index (χ1n) is 12.2. The Balaban J connectivity index is 1.35. The van der Waals surface area contributed by atoms with Crippen molar-refractivity contribution >= 4 is 23.3 Å². The molecule has 1 amide bonds. The summed E-state index contributed by atoms with van der Waals surface area (Å²) < 4.78 is 0. The van der Waals surface area contributed by atoms with E-state index < -0.39 is 0 Å². The van der Waals surface area contributed by atoms with E-state index in [-0.39, 0.29) is 17.7 Å². The van der Waals surface area contributed by atoms with Crippen molar-refractivity contribution in [1.29, 1.82) is 5.41 Å². The van der Waals surface area contributed by atoms with Gasteiger partial charge >= 0.3 is 0 Å². The highest BCUT2D eigenvalue weighted by molar-refractivity contribution is 6.45. The smallest absolute Gasteiger partial charge is 0.270 e. The molecular weight excluding hydrogens is 388 g/mol. The fourth-order valence-corrected chi connectivity index (χ4v) is 5.38. The van der Waals surface area contributed by atoms with Crippen LogP contribution in [0.15, 0.2) is 12.1 Å². The van der Waals surface area contributed by atoms with E-state index in [0.29, 0.717) is 11.4 Å². The quantitative estimate of drug-likeness (QED) is 0.607. The van der Waals surface area contributed by atoms with E-state index in [0.717, 1.165) is 50.9 Å². The highest BCUT2D eigenvalue weighted by atomic mass is 16.1. The normalized spacial score (nSPS) is 21.6. The second-order valence-corrected chi connectivity index (χ2v) is 9.31. The molecule has 4 rings (SSSR count). The van der Waals surface area contributed by atoms with Crippen molar-refractivity contribution in [2.45, 2.75) is 76.3 Å². The summed E-state index contributed by atoms with van der Waals surface area (Å²) in [7, 11) is 1.81. The van der Waals surface area contributed by atoms with E-state index in [4.69, 9.17) is 10.4 Å². The van der Waals surface area contributed by atoms with Gasteiger partial charge in [0.15, 0.2) is 0 Å². The Hall–Kier alpha value is -2.15. The van der Waals surface area contributed by atoms with Crippen molar-refractivity contribution in [3.63, 3.8) is 0 Å². The monoisotopic (exact) mass is 426 g/mol. The summed E-state index contributed by atoms with van der Waals surface area (Å²) in [5.41, 5.74) is 0.569. The first kappa shape index (κ1) is 22.1. The van der Waals surface area contributed by atoms with E-state index in [1.54, 1.807) is 0 Å². The van der Waals surface area contributed by atoms with E-state index in [9.17, 15) is 4.79 Å². The molecule has 3 aliphatic rings. The first-order chi connectivity index (χ1) is 15.2. The number of carbonyl (C=O) groups is 1. The number of nitrogens with one attached hydrogen (secondary N) is 3. The van der Waals surface area contributed by atoms with Crippen molar-refractivity contribution < 1.29 is 4.79 Å². The Morgan fingerprint density at radius 3 is 2.29 bits per heavy atom. The largest absolute Gasteiger partial charge is 0.373 e. The van der Waals surface area contributed by atoms with E-state index in [2.05, 4.69) is 20.4 Å². The van der Waals surface area contributed by atoms with Gasteiger partial charge in [0.25, 0.3) is 5.91 Å². The molecule has 1 aliphatic carbocycles. The molecule has 7 nitrogen and oxygen atoms in total. The molecule has 0 bridgehead atoms. The Kier molecular flexibility index (Phi) is 7.43. The third-order valence-electron chi connectivity index (χ3n) is 7.25. The molecule has 1 aromatic rings. The Bertz CT molecular complexity index is 759. The standard InChI is InChI=1S/C24H38N6O/c1-26-23-20(10-11-21(28-23)30-14-6-2-3-7-15-30)22(25)24(31)27-18-12-16-29(17-13-18)19-8-4-5-9-19/h10-11,18-19,25H,2-9,12-17H2,1H3,(H,26,28)(H,27,31). The zero-order chi connectivity index (χ0) is 21.6. The number of piperidine rings is 1. The molecule has 2 saturated heterocycles. The van der Waals surface area contributed by atoms with Gasteiger partial charge in [0, 0.05) is 50.9 Å². The zero-order valence-electron chi connectivity index (χ0n) is 19.0. The SMILES string of the molecule is CNc1nc(N2CCCCCC2)ccc1C(=N)C(=O)NC1CCN(C2CCCC2)CC1. The van der Waals surface area contributed by atoms with Crippen molar-refractivity contribution in [3.05, 3.63) is 17.7 Å². The fraction of sp³-hybridized carbons (Fsp3) is 0.708. The minimum Gasteiger partial charge on any atom is -0.373 e. The van der Waals surface area contributed by atoms with Crippen molar-refractivity contribution in [1.82, 2.24) is 15.2 Å². The molecule has 1 saturated carbocycles. The van der Waals surface area contributed by atoms with Crippen LogP contribution in [-0.2, 0) is 4.79 Å². The topological polar surface area (TPSA) is 84.4 Å². The first-order valence-corrected chi connectivity index (χ1v) is 12.2. The molecule has 3 fully saturated rings. The second-order valence-electron chi connectivity index (χ2n) is 9.31. The molecule has 3 heterocycles. The number of pyridine rings is 1. The van der Waals surface area contributed by atoms with Crippen LogP contribution in [0.25, 0.3) is 0 Å². The minimum atomic E-state index is -0.292. The summed E-state index contributed by atoms with van der Waals surface area (Å²) in [6, 6.07) is 4.75. The number of carbonyl (C=O) groups excluding carboxylic acids is 1. The molecule has 0 radical (unpaired) electrons. The maximum Gasteiger partial charge on any atom is 0.270 e. The predicted molar refractivity (Wildman–Crippen MR) is 126 cm³/mol. The van der Waals surface area contributed by atoms with Gasteiger partial charge in [-0.25, -0.2) is 4.98 Å². The van der Waals surface area contributed by atoms with Crippen LogP contribution in [0.3, 0.4) is 0 Å². The van der Waals surface area contributed by atoms with Crippen LogP contribution in [0.1, 0.15) is 69.8 Å². The van der Waals surface area contributed by atoms with Crippen LogP contribution in [0.4, 0.5) is 11.6 Å². The lowest BCUT2D eigenvalue weighted by Gasteiger charge is -2.36. The lowest BCUT2D eigenvalue weighted by molar-refractivity contribution is -0.115. The van der Waals surface area contributed by atoms with Gasteiger partial charge in [-0.1, -0.05) is 25.7 Å². The summed E-state index contributed by atoms with van der Waals surface area (Å²) >= 11 is 0. The molecular formula is C24H38N6O. The summed E-state index contributed by atoms with van der Waals surface area (Å²) in [4.78, 5) is 22.5. The van der Waals surface area contributed by atoms with Crippen molar-refractivity contribution in [3.8, 4) is 0 Å². The summed E-state index contributed by atoms with van der Waals surface area (Å²) in [6.45, 7) is 4.15. The highest BCUT2D eigenvalue weighted by Crippen LogP contribution is 2.26. The van der Waals surface area contributed by atoms with Crippen LogP contribution in [0.5, 0.6) is 0 Å². The van der Waals surface area contributed by atoms with E-state index >= 15 is 0 Å². The number of nitrogens with zero attached hydrogens (tertiary/aromatic N) is 3. The Morgan fingerprint density at radius 1 is 0.968 bits per heavy atom. The van der Waals surface area contributed by atoms with Crippen LogP contribution in [0.2, 0.25) is 0 Å². The molecule has 2 aliphatic heterocycles. The van der Waals surface area contributed by atoms with Crippen LogP contribution in [0, 0.1) is 5.41 Å². The average Bonchev–Trinajstić information content (AvgIpc) is 3.21. The molecule has 0 spiro atoms. The fourth-order valence-electron chi connectivity index (χ4n) is 5.38. The van der Waals surface area contributed by atoms with Crippen LogP contribution < -0.4 is 15.5 Å².